The van der Waals surface area contributed by atoms with Crippen LogP contribution in [0.1, 0.15) is 16.1 Å². The smallest absolute Gasteiger partial charge is 0.271 e. The molecule has 19 heavy (non-hydrogen) atoms. The summed E-state index contributed by atoms with van der Waals surface area (Å²) in [5, 5.41) is 2.79. The monoisotopic (exact) mass is 257 g/mol. The van der Waals surface area contributed by atoms with E-state index in [-0.39, 0.29) is 11.6 Å². The van der Waals surface area contributed by atoms with Gasteiger partial charge in [-0.15, -0.1) is 0 Å². The molecule has 0 fully saturated rings. The van der Waals surface area contributed by atoms with Gasteiger partial charge in [0.05, 0.1) is 12.4 Å². The Morgan fingerprint density at radius 1 is 1.21 bits per heavy atom. The Labute approximate surface area is 111 Å². The van der Waals surface area contributed by atoms with Crippen molar-refractivity contribution < 1.29 is 4.79 Å². The van der Waals surface area contributed by atoms with Crippen molar-refractivity contribution in [2.75, 3.05) is 12.0 Å². The van der Waals surface area contributed by atoms with Gasteiger partial charge in [0.2, 0.25) is 0 Å². The molecule has 0 unspecified atom stereocenters. The molecule has 0 aliphatic rings. The number of anilines is 1. The SMILES string of the molecule is NNc1cncc(C(=O)NCCc2ccccc2)n1. The van der Waals surface area contributed by atoms with E-state index in [4.69, 9.17) is 5.84 Å². The fourth-order valence-electron chi connectivity index (χ4n) is 1.60. The first-order chi connectivity index (χ1) is 9.29. The van der Waals surface area contributed by atoms with Gasteiger partial charge in [-0.05, 0) is 12.0 Å². The summed E-state index contributed by atoms with van der Waals surface area (Å²) in [4.78, 5) is 19.7. The summed E-state index contributed by atoms with van der Waals surface area (Å²) >= 11 is 0. The second kappa shape index (κ2) is 6.46. The van der Waals surface area contributed by atoms with Crippen molar-refractivity contribution in [3.63, 3.8) is 0 Å². The first kappa shape index (κ1) is 13.0. The molecule has 0 atom stereocenters. The van der Waals surface area contributed by atoms with E-state index in [0.717, 1.165) is 6.42 Å². The van der Waals surface area contributed by atoms with Crippen LogP contribution < -0.4 is 16.6 Å². The number of carbonyl (C=O) groups excluding carboxylic acids is 1. The van der Waals surface area contributed by atoms with Crippen LogP contribution in [0.25, 0.3) is 0 Å². The Kier molecular flexibility index (Phi) is 4.41. The molecule has 1 aromatic carbocycles. The lowest BCUT2D eigenvalue weighted by molar-refractivity contribution is 0.0949. The van der Waals surface area contributed by atoms with E-state index in [9.17, 15) is 4.79 Å². The van der Waals surface area contributed by atoms with Crippen LogP contribution in [0, 0.1) is 0 Å². The number of benzene rings is 1. The molecule has 2 rings (SSSR count). The molecular weight excluding hydrogens is 242 g/mol. The molecule has 0 saturated carbocycles. The van der Waals surface area contributed by atoms with E-state index in [0.29, 0.717) is 12.4 Å². The van der Waals surface area contributed by atoms with E-state index < -0.39 is 0 Å². The van der Waals surface area contributed by atoms with Crippen molar-refractivity contribution in [2.24, 2.45) is 5.84 Å². The highest BCUT2D eigenvalue weighted by atomic mass is 16.1. The van der Waals surface area contributed by atoms with Crippen LogP contribution in [0.3, 0.4) is 0 Å². The molecule has 1 amide bonds. The standard InChI is InChI=1S/C13H15N5O/c14-18-12-9-15-8-11(17-12)13(19)16-7-6-10-4-2-1-3-5-10/h1-5,8-9H,6-7,14H2,(H,16,19)(H,17,18). The number of hydrazine groups is 1. The van der Waals surface area contributed by atoms with Crippen molar-refractivity contribution in [1.29, 1.82) is 0 Å². The summed E-state index contributed by atoms with van der Waals surface area (Å²) in [6.07, 6.45) is 3.62. The maximum Gasteiger partial charge on any atom is 0.271 e. The highest BCUT2D eigenvalue weighted by Gasteiger charge is 2.07. The van der Waals surface area contributed by atoms with Gasteiger partial charge in [0.1, 0.15) is 5.69 Å². The summed E-state index contributed by atoms with van der Waals surface area (Å²) in [6, 6.07) is 9.94. The van der Waals surface area contributed by atoms with Crippen LogP contribution in [-0.2, 0) is 6.42 Å². The van der Waals surface area contributed by atoms with Crippen LogP contribution in [0.4, 0.5) is 5.82 Å². The van der Waals surface area contributed by atoms with E-state index in [1.165, 1.54) is 18.0 Å². The third kappa shape index (κ3) is 3.75. The van der Waals surface area contributed by atoms with Gasteiger partial charge >= 0.3 is 0 Å². The molecule has 98 valence electrons. The molecule has 0 aliphatic heterocycles. The maximum atomic E-state index is 11.8. The van der Waals surface area contributed by atoms with Crippen molar-refractivity contribution in [2.45, 2.75) is 6.42 Å². The van der Waals surface area contributed by atoms with Gasteiger partial charge in [0, 0.05) is 6.54 Å². The Bertz CT molecular complexity index is 544. The van der Waals surface area contributed by atoms with E-state index in [2.05, 4.69) is 20.7 Å². The second-order valence-electron chi connectivity index (χ2n) is 3.93. The van der Waals surface area contributed by atoms with Gasteiger partial charge < -0.3 is 10.7 Å². The zero-order valence-corrected chi connectivity index (χ0v) is 10.3. The largest absolute Gasteiger partial charge is 0.350 e. The molecule has 0 bridgehead atoms. The fraction of sp³-hybridized carbons (Fsp3) is 0.154. The number of rotatable bonds is 5. The Balaban J connectivity index is 1.87. The molecule has 2 aromatic rings. The van der Waals surface area contributed by atoms with Crippen LogP contribution in [-0.4, -0.2) is 22.4 Å². The van der Waals surface area contributed by atoms with Crippen molar-refractivity contribution >= 4 is 11.7 Å². The molecule has 6 nitrogen and oxygen atoms in total. The zero-order chi connectivity index (χ0) is 13.5. The topological polar surface area (TPSA) is 92.9 Å². The summed E-state index contributed by atoms with van der Waals surface area (Å²) in [5.41, 5.74) is 3.76. The van der Waals surface area contributed by atoms with E-state index in [1.54, 1.807) is 0 Å². The van der Waals surface area contributed by atoms with Gasteiger partial charge in [0.25, 0.3) is 5.91 Å². The number of nitrogens with one attached hydrogen (secondary N) is 2. The van der Waals surface area contributed by atoms with Crippen LogP contribution in [0.2, 0.25) is 0 Å². The van der Waals surface area contributed by atoms with Gasteiger partial charge in [-0.3, -0.25) is 9.78 Å². The third-order valence-corrected chi connectivity index (χ3v) is 2.56. The minimum Gasteiger partial charge on any atom is -0.350 e. The lowest BCUT2D eigenvalue weighted by atomic mass is 10.1. The fourth-order valence-corrected chi connectivity index (χ4v) is 1.60. The number of carbonyl (C=O) groups is 1. The number of nitrogens with zero attached hydrogens (tertiary/aromatic N) is 2. The zero-order valence-electron chi connectivity index (χ0n) is 10.3. The van der Waals surface area contributed by atoms with Gasteiger partial charge in [-0.1, -0.05) is 30.3 Å². The van der Waals surface area contributed by atoms with Crippen LogP contribution >= 0.6 is 0 Å². The lowest BCUT2D eigenvalue weighted by Gasteiger charge is -2.05. The number of nitrogens with two attached hydrogens (primary N) is 1. The molecule has 1 heterocycles. The first-order valence-electron chi connectivity index (χ1n) is 5.90. The number of hydrogen-bond donors (Lipinski definition) is 3. The molecule has 0 radical (unpaired) electrons. The lowest BCUT2D eigenvalue weighted by Crippen LogP contribution is -2.27. The van der Waals surface area contributed by atoms with Gasteiger partial charge in [-0.25, -0.2) is 10.8 Å². The highest BCUT2D eigenvalue weighted by Crippen LogP contribution is 2.01. The predicted octanol–water partition coefficient (Wildman–Crippen LogP) is 0.735. The molecule has 0 spiro atoms. The Morgan fingerprint density at radius 2 is 2.00 bits per heavy atom. The average Bonchev–Trinajstić information content (AvgIpc) is 2.48. The molecular formula is C13H15N5O. The number of nitrogen functional groups attached to an aromatic ring is 1. The maximum absolute atomic E-state index is 11.8. The van der Waals surface area contributed by atoms with Crippen molar-refractivity contribution in [3.8, 4) is 0 Å². The first-order valence-corrected chi connectivity index (χ1v) is 5.90. The second-order valence-corrected chi connectivity index (χ2v) is 3.93. The van der Waals surface area contributed by atoms with Crippen molar-refractivity contribution in [3.05, 3.63) is 54.0 Å². The Hall–Kier alpha value is -2.47. The quantitative estimate of drug-likeness (QED) is 0.542. The van der Waals surface area contributed by atoms with Crippen molar-refractivity contribution in [1.82, 2.24) is 15.3 Å². The number of aromatic nitrogens is 2. The minimum atomic E-state index is -0.263. The van der Waals surface area contributed by atoms with E-state index >= 15 is 0 Å². The number of hydrogen-bond acceptors (Lipinski definition) is 5. The summed E-state index contributed by atoms with van der Waals surface area (Å²) in [5.74, 6) is 5.30. The molecule has 0 saturated heterocycles. The summed E-state index contributed by atoms with van der Waals surface area (Å²) in [7, 11) is 0. The highest BCUT2D eigenvalue weighted by molar-refractivity contribution is 5.92. The molecule has 6 heteroatoms. The van der Waals surface area contributed by atoms with Gasteiger partial charge in [0.15, 0.2) is 5.82 Å². The van der Waals surface area contributed by atoms with Crippen LogP contribution in [0.15, 0.2) is 42.7 Å². The minimum absolute atomic E-state index is 0.239. The summed E-state index contributed by atoms with van der Waals surface area (Å²) in [6.45, 7) is 0.546. The molecule has 4 N–H and O–H groups in total. The molecule has 1 aromatic heterocycles. The summed E-state index contributed by atoms with van der Waals surface area (Å²) < 4.78 is 0. The normalized spacial score (nSPS) is 9.95. The molecule has 0 aliphatic carbocycles. The predicted molar refractivity (Wildman–Crippen MR) is 72.3 cm³/mol. The third-order valence-electron chi connectivity index (χ3n) is 2.56. The van der Waals surface area contributed by atoms with E-state index in [1.807, 2.05) is 30.3 Å². The van der Waals surface area contributed by atoms with Crippen LogP contribution in [0.5, 0.6) is 0 Å². The van der Waals surface area contributed by atoms with Gasteiger partial charge in [-0.2, -0.15) is 0 Å². The number of amides is 1. The average molecular weight is 257 g/mol. The Morgan fingerprint density at radius 3 is 2.74 bits per heavy atom.